The molecule has 0 saturated heterocycles. The lowest BCUT2D eigenvalue weighted by Gasteiger charge is -2.38. The molecule has 0 aromatic carbocycles. The zero-order valence-electron chi connectivity index (χ0n) is 8.06. The van der Waals surface area contributed by atoms with Gasteiger partial charge in [0.05, 0.1) is 39.2 Å². The number of hydrogen-bond acceptors (Lipinski definition) is 1. The molecule has 0 spiro atoms. The van der Waals surface area contributed by atoms with E-state index in [4.69, 9.17) is 5.11 Å². The summed E-state index contributed by atoms with van der Waals surface area (Å²) in [6.45, 7) is 0. The fourth-order valence-electron chi connectivity index (χ4n) is 0.643. The normalized spacial score (nSPS) is 12.7. The molecule has 0 aromatic rings. The van der Waals surface area contributed by atoms with Gasteiger partial charge in [-0.05, 0) is 0 Å². The van der Waals surface area contributed by atoms with E-state index in [2.05, 4.69) is 23.5 Å². The first kappa shape index (κ1) is 10.8. The van der Waals surface area contributed by atoms with Gasteiger partial charge in [-0.25, -0.2) is 0 Å². The Labute approximate surface area is 72.5 Å². The molecule has 0 bridgehead atoms. The Morgan fingerprint density at radius 1 is 1.18 bits per heavy atom. The second kappa shape index (κ2) is 3.04. The van der Waals surface area contributed by atoms with E-state index in [0.29, 0.717) is 0 Å². The van der Waals surface area contributed by atoms with Gasteiger partial charge in [-0.2, -0.15) is 0 Å². The first-order valence-corrected chi connectivity index (χ1v) is 3.88. The predicted octanol–water partition coefficient (Wildman–Crippen LogP) is -4.18. The number of carboxylic acids is 1. The van der Waals surface area contributed by atoms with E-state index in [1.54, 1.807) is 0 Å². The largest absolute Gasteiger partial charge is 0.481 e. The molecule has 0 saturated carbocycles. The van der Waals surface area contributed by atoms with Crippen molar-refractivity contribution < 1.29 is 9.90 Å². The molecule has 0 unspecified atom stereocenters. The number of hydrogen-bond donors (Lipinski definition) is 1. The molecule has 0 radical (unpaired) electrons. The number of aliphatic carboxylic acids is 1. The van der Waals surface area contributed by atoms with Crippen LogP contribution in [0.5, 0.6) is 0 Å². The van der Waals surface area contributed by atoms with Crippen LogP contribution >= 0.6 is 0 Å². The van der Waals surface area contributed by atoms with Crippen LogP contribution in [0.15, 0.2) is 0 Å². The molecule has 0 fully saturated rings. The maximum atomic E-state index is 10.5. The molecule has 0 aliphatic rings. The third-order valence-corrected chi connectivity index (χ3v) is 2.62. The monoisotopic (exact) mass is 148 g/mol. The van der Waals surface area contributed by atoms with Crippen molar-refractivity contribution in [3.63, 3.8) is 0 Å². The molecular formula is C4H13B5O2. The van der Waals surface area contributed by atoms with Crippen molar-refractivity contribution in [2.45, 2.75) is 16.7 Å². The minimum absolute atomic E-state index is 0.0470. The summed E-state index contributed by atoms with van der Waals surface area (Å²) in [4.78, 5) is 10.5. The van der Waals surface area contributed by atoms with Crippen molar-refractivity contribution in [2.75, 3.05) is 0 Å². The summed E-state index contributed by atoms with van der Waals surface area (Å²) in [5.41, 5.74) is 0. The van der Waals surface area contributed by atoms with Crippen LogP contribution in [-0.4, -0.2) is 50.3 Å². The van der Waals surface area contributed by atoms with Gasteiger partial charge in [-0.3, -0.25) is 4.79 Å². The first-order chi connectivity index (χ1) is 4.67. The third kappa shape index (κ3) is 3.13. The van der Waals surface area contributed by atoms with E-state index < -0.39 is 5.97 Å². The van der Waals surface area contributed by atoms with E-state index in [-0.39, 0.29) is 16.7 Å². The maximum Gasteiger partial charge on any atom is 0.302 e. The molecule has 0 heterocycles. The van der Waals surface area contributed by atoms with E-state index in [9.17, 15) is 4.79 Å². The van der Waals surface area contributed by atoms with E-state index >= 15 is 0 Å². The summed E-state index contributed by atoms with van der Waals surface area (Å²) >= 11 is 0. The van der Waals surface area contributed by atoms with Gasteiger partial charge >= 0.3 is 5.97 Å². The van der Waals surface area contributed by atoms with Gasteiger partial charge in [0.25, 0.3) is 0 Å². The zero-order valence-corrected chi connectivity index (χ0v) is 8.06. The number of carboxylic acid groups (broad SMARTS) is 1. The van der Waals surface area contributed by atoms with Crippen molar-refractivity contribution in [3.8, 4) is 0 Å². The smallest absolute Gasteiger partial charge is 0.302 e. The Morgan fingerprint density at radius 3 is 1.64 bits per heavy atom. The molecule has 0 atom stereocenters. The second-order valence-electron chi connectivity index (χ2n) is 4.70. The molecule has 0 aliphatic carbocycles. The summed E-state index contributed by atoms with van der Waals surface area (Å²) in [6, 6.07) is 0. The zero-order chi connectivity index (χ0) is 9.28. The van der Waals surface area contributed by atoms with Crippen LogP contribution in [0.1, 0.15) is 6.42 Å². The summed E-state index contributed by atoms with van der Waals surface area (Å²) in [5, 5.41) is 8.52. The average Bonchev–Trinajstić information content (AvgIpc) is 1.56. The molecule has 0 rings (SSSR count). The van der Waals surface area contributed by atoms with Crippen LogP contribution in [0.3, 0.4) is 0 Å². The summed E-state index contributed by atoms with van der Waals surface area (Å²) < 4.78 is 0. The lowest BCUT2D eigenvalue weighted by Crippen LogP contribution is -2.34. The van der Waals surface area contributed by atoms with Gasteiger partial charge in [0.2, 0.25) is 0 Å². The third-order valence-electron chi connectivity index (χ3n) is 2.62. The molecular weight excluding hydrogens is 134 g/mol. The Hall–Kier alpha value is -0.205. The molecule has 1 N–H and O–H groups in total. The first-order valence-electron chi connectivity index (χ1n) is 3.88. The standard InChI is InChI=1S/C4H13B5O2/c5-3(6,1-2(10)11)4(7,8)9/h1,5-9H2,(H,10,11). The SMILES string of the molecule is BC(B)(B)C(B)(B)CC(=O)O. The Morgan fingerprint density at radius 2 is 1.55 bits per heavy atom. The fourth-order valence-corrected chi connectivity index (χ4v) is 0.643. The molecule has 0 amide bonds. The molecule has 0 aliphatic heterocycles. The summed E-state index contributed by atoms with van der Waals surface area (Å²) in [6.07, 6.45) is 0.233. The lowest BCUT2D eigenvalue weighted by molar-refractivity contribution is -0.137. The fraction of sp³-hybridized carbons (Fsp3) is 0.750. The van der Waals surface area contributed by atoms with E-state index in [1.807, 2.05) is 15.7 Å². The van der Waals surface area contributed by atoms with Crippen LogP contribution in [0, 0.1) is 0 Å². The minimum Gasteiger partial charge on any atom is -0.481 e. The van der Waals surface area contributed by atoms with Gasteiger partial charge < -0.3 is 5.11 Å². The predicted molar refractivity (Wildman–Crippen MR) is 60.4 cm³/mol. The van der Waals surface area contributed by atoms with Crippen molar-refractivity contribution in [1.29, 1.82) is 0 Å². The van der Waals surface area contributed by atoms with Crippen LogP contribution in [0.25, 0.3) is 0 Å². The van der Waals surface area contributed by atoms with Gasteiger partial charge in [0.1, 0.15) is 0 Å². The molecule has 56 valence electrons. The lowest BCUT2D eigenvalue weighted by atomic mass is 9.22. The van der Waals surface area contributed by atoms with Crippen molar-refractivity contribution in [3.05, 3.63) is 0 Å². The summed E-state index contributed by atoms with van der Waals surface area (Å²) in [7, 11) is 10.2. The van der Waals surface area contributed by atoms with Crippen molar-refractivity contribution in [1.82, 2.24) is 0 Å². The van der Waals surface area contributed by atoms with Gasteiger partial charge in [0.15, 0.2) is 0 Å². The quantitative estimate of drug-likeness (QED) is 0.411. The Bertz CT molecular complexity index is 160. The maximum absolute atomic E-state index is 10.5. The Kier molecular flexibility index (Phi) is 2.98. The summed E-state index contributed by atoms with van der Waals surface area (Å²) in [5.74, 6) is -0.718. The highest BCUT2D eigenvalue weighted by Gasteiger charge is 2.33. The topological polar surface area (TPSA) is 37.3 Å². The van der Waals surface area contributed by atoms with Crippen LogP contribution in [0.2, 0.25) is 10.3 Å². The minimum atomic E-state index is -0.718. The number of carbonyl (C=O) groups is 1. The van der Waals surface area contributed by atoms with Gasteiger partial charge in [-0.15, -0.1) is 5.11 Å². The highest BCUT2D eigenvalue weighted by Crippen LogP contribution is 2.40. The highest BCUT2D eigenvalue weighted by atomic mass is 16.4. The molecule has 0 aromatic heterocycles. The van der Waals surface area contributed by atoms with Crippen molar-refractivity contribution in [2.24, 2.45) is 0 Å². The highest BCUT2D eigenvalue weighted by molar-refractivity contribution is 6.67. The Balaban J connectivity index is 4.34. The second-order valence-corrected chi connectivity index (χ2v) is 4.70. The van der Waals surface area contributed by atoms with Crippen LogP contribution in [0.4, 0.5) is 0 Å². The average molecular weight is 147 g/mol. The van der Waals surface area contributed by atoms with E-state index in [0.717, 1.165) is 0 Å². The van der Waals surface area contributed by atoms with Gasteiger partial charge in [0, 0.05) is 6.42 Å². The van der Waals surface area contributed by atoms with Crippen LogP contribution in [-0.2, 0) is 4.79 Å². The number of rotatable bonds is 3. The van der Waals surface area contributed by atoms with Crippen LogP contribution < -0.4 is 0 Å². The molecule has 7 heteroatoms. The van der Waals surface area contributed by atoms with Crippen molar-refractivity contribution >= 4 is 45.2 Å². The van der Waals surface area contributed by atoms with Gasteiger partial charge in [-0.1, -0.05) is 5.21 Å². The van der Waals surface area contributed by atoms with E-state index in [1.165, 1.54) is 0 Å². The molecule has 11 heavy (non-hydrogen) atoms. The molecule has 2 nitrogen and oxygen atoms in total.